The van der Waals surface area contributed by atoms with E-state index < -0.39 is 0 Å². The van der Waals surface area contributed by atoms with Crippen LogP contribution in [0.2, 0.25) is 0 Å². The molecule has 2 aromatic carbocycles. The zero-order valence-electron chi connectivity index (χ0n) is 11.7. The quantitative estimate of drug-likeness (QED) is 0.387. The molecular formula is C16H17NO3S. The summed E-state index contributed by atoms with van der Waals surface area (Å²) in [6.07, 6.45) is 2.36. The van der Waals surface area contributed by atoms with Crippen LogP contribution < -0.4 is 4.18 Å². The van der Waals surface area contributed by atoms with E-state index in [1.54, 1.807) is 12.1 Å². The molecule has 1 aliphatic rings. The van der Waals surface area contributed by atoms with E-state index in [2.05, 4.69) is 17.1 Å². The highest BCUT2D eigenvalue weighted by molar-refractivity contribution is 7.75. The SMILES string of the molecule is Cc1ccc(OS)cc1.O=[N+]([O-])c1cccc(C2CC2)c1. The average Bonchev–Trinajstić information content (AvgIpc) is 3.34. The molecule has 0 aromatic heterocycles. The maximum atomic E-state index is 10.4. The molecule has 0 radical (unpaired) electrons. The van der Waals surface area contributed by atoms with E-state index in [0.29, 0.717) is 5.92 Å². The first-order valence-electron chi connectivity index (χ1n) is 6.72. The van der Waals surface area contributed by atoms with Gasteiger partial charge in [-0.15, -0.1) is 0 Å². The number of rotatable bonds is 3. The van der Waals surface area contributed by atoms with Crippen LogP contribution in [0.25, 0.3) is 0 Å². The largest absolute Gasteiger partial charge is 0.429 e. The van der Waals surface area contributed by atoms with Gasteiger partial charge in [0.05, 0.1) is 4.92 Å². The van der Waals surface area contributed by atoms with Crippen molar-refractivity contribution in [3.63, 3.8) is 0 Å². The third-order valence-corrected chi connectivity index (χ3v) is 3.47. The van der Waals surface area contributed by atoms with Crippen molar-refractivity contribution in [1.29, 1.82) is 0 Å². The van der Waals surface area contributed by atoms with Crippen LogP contribution in [-0.4, -0.2) is 4.92 Å². The van der Waals surface area contributed by atoms with Gasteiger partial charge in [-0.1, -0.05) is 29.8 Å². The van der Waals surface area contributed by atoms with Crippen molar-refractivity contribution in [1.82, 2.24) is 0 Å². The molecule has 1 fully saturated rings. The van der Waals surface area contributed by atoms with Crippen LogP contribution in [0.4, 0.5) is 5.69 Å². The second-order valence-electron chi connectivity index (χ2n) is 5.03. The van der Waals surface area contributed by atoms with Crippen LogP contribution in [0.15, 0.2) is 48.5 Å². The van der Waals surface area contributed by atoms with Gasteiger partial charge in [-0.25, -0.2) is 0 Å². The van der Waals surface area contributed by atoms with Crippen LogP contribution in [0.5, 0.6) is 5.75 Å². The lowest BCUT2D eigenvalue weighted by Crippen LogP contribution is -1.88. The molecule has 1 aliphatic carbocycles. The number of non-ortho nitro benzene ring substituents is 1. The number of hydrogen-bond donors (Lipinski definition) is 1. The molecule has 5 heteroatoms. The molecule has 1 saturated carbocycles. The third-order valence-electron chi connectivity index (χ3n) is 3.26. The van der Waals surface area contributed by atoms with Gasteiger partial charge in [0.15, 0.2) is 0 Å². The van der Waals surface area contributed by atoms with Crippen molar-refractivity contribution in [2.75, 3.05) is 0 Å². The van der Waals surface area contributed by atoms with Gasteiger partial charge in [-0.2, -0.15) is 0 Å². The molecule has 0 N–H and O–H groups in total. The highest BCUT2D eigenvalue weighted by Gasteiger charge is 2.24. The Hall–Kier alpha value is -2.01. The highest BCUT2D eigenvalue weighted by atomic mass is 32.1. The maximum absolute atomic E-state index is 10.4. The molecule has 0 spiro atoms. The topological polar surface area (TPSA) is 52.4 Å². The van der Waals surface area contributed by atoms with Crippen molar-refractivity contribution in [2.45, 2.75) is 25.7 Å². The standard InChI is InChI=1S/C9H9NO2.C7H8OS/c11-10(12)9-3-1-2-8(6-9)7-4-5-7;1-6-2-4-7(8-9)5-3-6/h1-3,6-7H,4-5H2;2-5,9H,1H3. The van der Waals surface area contributed by atoms with Gasteiger partial charge in [0.1, 0.15) is 5.75 Å². The summed E-state index contributed by atoms with van der Waals surface area (Å²) in [6.45, 7) is 2.03. The Morgan fingerprint density at radius 1 is 1.19 bits per heavy atom. The van der Waals surface area contributed by atoms with Crippen LogP contribution in [-0.2, 0) is 0 Å². The van der Waals surface area contributed by atoms with Gasteiger partial charge in [0, 0.05) is 25.0 Å². The number of aryl methyl sites for hydroxylation is 1. The predicted molar refractivity (Wildman–Crippen MR) is 85.9 cm³/mol. The van der Waals surface area contributed by atoms with E-state index >= 15 is 0 Å². The molecule has 4 nitrogen and oxygen atoms in total. The molecule has 0 saturated heterocycles. The molecule has 110 valence electrons. The Kier molecular flexibility index (Phi) is 5.22. The minimum Gasteiger partial charge on any atom is -0.429 e. The van der Waals surface area contributed by atoms with E-state index in [1.807, 2.05) is 37.3 Å². The van der Waals surface area contributed by atoms with Crippen molar-refractivity contribution in [3.05, 3.63) is 69.8 Å². The summed E-state index contributed by atoms with van der Waals surface area (Å²) in [5.74, 6) is 1.37. The Morgan fingerprint density at radius 2 is 1.86 bits per heavy atom. The first kappa shape index (κ1) is 15.4. The molecule has 0 unspecified atom stereocenters. The first-order chi connectivity index (χ1) is 10.1. The Labute approximate surface area is 129 Å². The molecule has 0 heterocycles. The fraction of sp³-hybridized carbons (Fsp3) is 0.250. The average molecular weight is 303 g/mol. The molecule has 21 heavy (non-hydrogen) atoms. The van der Waals surface area contributed by atoms with Crippen LogP contribution in [0.1, 0.15) is 29.9 Å². The van der Waals surface area contributed by atoms with E-state index in [4.69, 9.17) is 0 Å². The van der Waals surface area contributed by atoms with Gasteiger partial charge >= 0.3 is 0 Å². The zero-order chi connectivity index (χ0) is 15.2. The van der Waals surface area contributed by atoms with Crippen molar-refractivity contribution < 1.29 is 9.11 Å². The lowest BCUT2D eigenvalue weighted by Gasteiger charge is -1.96. The van der Waals surface area contributed by atoms with E-state index in [0.717, 1.165) is 11.3 Å². The fourth-order valence-electron chi connectivity index (χ4n) is 1.91. The Morgan fingerprint density at radius 3 is 2.38 bits per heavy atom. The van der Waals surface area contributed by atoms with Crippen molar-refractivity contribution in [2.24, 2.45) is 0 Å². The van der Waals surface area contributed by atoms with E-state index in [1.165, 1.54) is 24.5 Å². The van der Waals surface area contributed by atoms with E-state index in [-0.39, 0.29) is 10.6 Å². The van der Waals surface area contributed by atoms with Crippen LogP contribution in [0, 0.1) is 17.0 Å². The molecule has 2 aromatic rings. The number of thiol groups is 1. The summed E-state index contributed by atoms with van der Waals surface area (Å²) in [4.78, 5) is 10.1. The van der Waals surface area contributed by atoms with Crippen molar-refractivity contribution in [3.8, 4) is 5.75 Å². The summed E-state index contributed by atoms with van der Waals surface area (Å²) in [5, 5.41) is 10.4. The lowest BCUT2D eigenvalue weighted by molar-refractivity contribution is -0.384. The number of nitro groups is 1. The zero-order valence-corrected chi connectivity index (χ0v) is 12.6. The molecule has 0 amide bonds. The van der Waals surface area contributed by atoms with Gasteiger partial charge in [0.25, 0.3) is 5.69 Å². The normalized spacial score (nSPS) is 13.0. The second kappa shape index (κ2) is 7.13. The number of hydrogen-bond acceptors (Lipinski definition) is 4. The minimum atomic E-state index is -0.341. The smallest absolute Gasteiger partial charge is 0.269 e. The summed E-state index contributed by atoms with van der Waals surface area (Å²) in [7, 11) is 0. The third kappa shape index (κ3) is 4.79. The van der Waals surface area contributed by atoms with Gasteiger partial charge in [-0.3, -0.25) is 10.1 Å². The summed E-state index contributed by atoms with van der Waals surface area (Å²) in [5.41, 5.74) is 2.55. The molecule has 3 rings (SSSR count). The molecule has 0 bridgehead atoms. The Bertz CT molecular complexity index is 609. The number of nitro benzene ring substituents is 1. The van der Waals surface area contributed by atoms with Crippen molar-refractivity contribution >= 4 is 18.6 Å². The van der Waals surface area contributed by atoms with Gasteiger partial charge in [-0.05, 0) is 43.4 Å². The number of nitrogens with zero attached hydrogens (tertiary/aromatic N) is 1. The van der Waals surface area contributed by atoms with Gasteiger partial charge < -0.3 is 4.18 Å². The van der Waals surface area contributed by atoms with Gasteiger partial charge in [0.2, 0.25) is 0 Å². The number of benzene rings is 2. The predicted octanol–water partition coefficient (Wildman–Crippen LogP) is 4.69. The molecule has 0 atom stereocenters. The first-order valence-corrected chi connectivity index (χ1v) is 7.09. The van der Waals surface area contributed by atoms with Crippen LogP contribution >= 0.6 is 12.9 Å². The molecular weight excluding hydrogens is 286 g/mol. The molecule has 0 aliphatic heterocycles. The van der Waals surface area contributed by atoms with Crippen LogP contribution in [0.3, 0.4) is 0 Å². The fourth-order valence-corrected chi connectivity index (χ4v) is 2.03. The summed E-state index contributed by atoms with van der Waals surface area (Å²) >= 11 is 3.64. The van der Waals surface area contributed by atoms with E-state index in [9.17, 15) is 10.1 Å². The summed E-state index contributed by atoms with van der Waals surface area (Å²) in [6, 6.07) is 14.6. The monoisotopic (exact) mass is 303 g/mol. The highest BCUT2D eigenvalue weighted by Crippen LogP contribution is 2.40. The minimum absolute atomic E-state index is 0.208. The maximum Gasteiger partial charge on any atom is 0.269 e. The second-order valence-corrected chi connectivity index (χ2v) is 5.21. The summed E-state index contributed by atoms with van der Waals surface area (Å²) < 4.78 is 4.66. The Balaban J connectivity index is 0.000000161. The lowest BCUT2D eigenvalue weighted by atomic mass is 10.1.